The Morgan fingerprint density at radius 2 is 2.00 bits per heavy atom. The van der Waals surface area contributed by atoms with Crippen LogP contribution in [0.3, 0.4) is 0 Å². The molecule has 0 bridgehead atoms. The number of hydrogen-bond donors (Lipinski definition) is 1. The fraction of sp³-hybridized carbons (Fsp3) is 0.583. The van der Waals surface area contributed by atoms with E-state index in [1.54, 1.807) is 6.20 Å². The molecule has 15 heavy (non-hydrogen) atoms. The van der Waals surface area contributed by atoms with E-state index in [1.165, 1.54) is 0 Å². The largest absolute Gasteiger partial charge is 0.397 e. The van der Waals surface area contributed by atoms with Gasteiger partial charge in [-0.15, -0.1) is 0 Å². The van der Waals surface area contributed by atoms with Crippen molar-refractivity contribution in [1.29, 1.82) is 0 Å². The minimum Gasteiger partial charge on any atom is -0.397 e. The van der Waals surface area contributed by atoms with Crippen molar-refractivity contribution in [2.45, 2.75) is 39.7 Å². The lowest BCUT2D eigenvalue weighted by Crippen LogP contribution is -2.31. The summed E-state index contributed by atoms with van der Waals surface area (Å²) in [6.07, 6.45) is 4.00. The number of aromatic nitrogens is 1. The maximum atomic E-state index is 5.69. The Balaban J connectivity index is 2.94. The van der Waals surface area contributed by atoms with Gasteiger partial charge in [-0.05, 0) is 31.4 Å². The van der Waals surface area contributed by atoms with Crippen LogP contribution in [-0.4, -0.2) is 18.1 Å². The maximum absolute atomic E-state index is 5.69. The summed E-state index contributed by atoms with van der Waals surface area (Å²) in [5, 5.41) is 0. The molecular formula is C12H21N3. The highest BCUT2D eigenvalue weighted by Crippen LogP contribution is 2.21. The van der Waals surface area contributed by atoms with E-state index < -0.39 is 0 Å². The number of rotatable bonds is 4. The molecule has 2 N–H and O–H groups in total. The maximum Gasteiger partial charge on any atom is 0.131 e. The summed E-state index contributed by atoms with van der Waals surface area (Å²) < 4.78 is 0. The second-order valence-electron chi connectivity index (χ2n) is 3.99. The van der Waals surface area contributed by atoms with Crippen LogP contribution in [0.4, 0.5) is 11.5 Å². The lowest BCUT2D eigenvalue weighted by Gasteiger charge is -2.28. The molecule has 0 aliphatic heterocycles. The van der Waals surface area contributed by atoms with Gasteiger partial charge in [0, 0.05) is 13.1 Å². The van der Waals surface area contributed by atoms with Crippen molar-refractivity contribution in [1.82, 2.24) is 4.98 Å². The summed E-state index contributed by atoms with van der Waals surface area (Å²) in [7, 11) is 2.10. The smallest absolute Gasteiger partial charge is 0.131 e. The number of nitrogens with two attached hydrogens (primary N) is 1. The Hall–Kier alpha value is -1.25. The van der Waals surface area contributed by atoms with Gasteiger partial charge in [-0.3, -0.25) is 0 Å². The van der Waals surface area contributed by atoms with E-state index in [0.717, 1.165) is 29.9 Å². The van der Waals surface area contributed by atoms with Crippen LogP contribution in [0.25, 0.3) is 0 Å². The summed E-state index contributed by atoms with van der Waals surface area (Å²) in [6, 6.07) is 2.53. The van der Waals surface area contributed by atoms with Crippen LogP contribution in [-0.2, 0) is 0 Å². The molecule has 0 aromatic carbocycles. The van der Waals surface area contributed by atoms with Gasteiger partial charge in [0.1, 0.15) is 5.82 Å². The van der Waals surface area contributed by atoms with Gasteiger partial charge >= 0.3 is 0 Å². The number of aryl methyl sites for hydroxylation is 1. The molecule has 3 nitrogen and oxygen atoms in total. The van der Waals surface area contributed by atoms with Crippen LogP contribution in [0.15, 0.2) is 12.3 Å². The molecule has 0 amide bonds. The highest BCUT2D eigenvalue weighted by molar-refractivity contribution is 5.52. The number of pyridine rings is 1. The molecule has 3 heteroatoms. The second kappa shape index (κ2) is 5.01. The zero-order chi connectivity index (χ0) is 11.4. The predicted octanol–water partition coefficient (Wildman–Crippen LogP) is 2.60. The van der Waals surface area contributed by atoms with Crippen LogP contribution in [0.2, 0.25) is 0 Å². The average molecular weight is 207 g/mol. The van der Waals surface area contributed by atoms with Gasteiger partial charge in [0.15, 0.2) is 0 Å². The van der Waals surface area contributed by atoms with Gasteiger partial charge in [-0.1, -0.05) is 13.8 Å². The predicted molar refractivity (Wildman–Crippen MR) is 66.2 cm³/mol. The van der Waals surface area contributed by atoms with Gasteiger partial charge in [0.2, 0.25) is 0 Å². The number of hydrogen-bond acceptors (Lipinski definition) is 3. The van der Waals surface area contributed by atoms with Crippen LogP contribution >= 0.6 is 0 Å². The van der Waals surface area contributed by atoms with E-state index in [-0.39, 0.29) is 0 Å². The molecule has 0 unspecified atom stereocenters. The standard InChI is InChI=1S/C12H21N3/c1-5-11(6-2)15(4)12-9(3)7-10(13)8-14-12/h7-8,11H,5-6,13H2,1-4H3. The Morgan fingerprint density at radius 3 is 2.47 bits per heavy atom. The summed E-state index contributed by atoms with van der Waals surface area (Å²) in [5.41, 5.74) is 7.56. The summed E-state index contributed by atoms with van der Waals surface area (Å²) in [6.45, 7) is 6.46. The molecule has 0 saturated carbocycles. The highest BCUT2D eigenvalue weighted by atomic mass is 15.2. The molecule has 84 valence electrons. The molecule has 1 rings (SSSR count). The first-order valence-electron chi connectivity index (χ1n) is 5.55. The van der Waals surface area contributed by atoms with Crippen LogP contribution < -0.4 is 10.6 Å². The lowest BCUT2D eigenvalue weighted by molar-refractivity contribution is 0.586. The minimum absolute atomic E-state index is 0.555. The van der Waals surface area contributed by atoms with Crippen molar-refractivity contribution in [3.8, 4) is 0 Å². The summed E-state index contributed by atoms with van der Waals surface area (Å²) in [4.78, 5) is 6.64. The molecule has 0 aliphatic rings. The zero-order valence-electron chi connectivity index (χ0n) is 10.1. The molecule has 0 atom stereocenters. The van der Waals surface area contributed by atoms with E-state index >= 15 is 0 Å². The molecular weight excluding hydrogens is 186 g/mol. The first-order valence-corrected chi connectivity index (χ1v) is 5.55. The van der Waals surface area contributed by atoms with E-state index in [4.69, 9.17) is 5.73 Å². The fourth-order valence-electron chi connectivity index (χ4n) is 1.97. The Bertz CT molecular complexity index is 319. The number of nitrogen functional groups attached to an aromatic ring is 1. The molecule has 1 heterocycles. The summed E-state index contributed by atoms with van der Waals surface area (Å²) >= 11 is 0. The molecule has 0 saturated heterocycles. The first kappa shape index (κ1) is 11.8. The Kier molecular flexibility index (Phi) is 3.95. The van der Waals surface area contributed by atoms with Crippen molar-refractivity contribution in [2.75, 3.05) is 17.7 Å². The van der Waals surface area contributed by atoms with Crippen LogP contribution in [0.1, 0.15) is 32.3 Å². The molecule has 0 fully saturated rings. The van der Waals surface area contributed by atoms with E-state index in [9.17, 15) is 0 Å². The number of anilines is 2. The fourth-order valence-corrected chi connectivity index (χ4v) is 1.97. The van der Waals surface area contributed by atoms with Crippen LogP contribution in [0.5, 0.6) is 0 Å². The molecule has 0 radical (unpaired) electrons. The first-order chi connectivity index (χ1) is 7.10. The molecule has 0 aliphatic carbocycles. The zero-order valence-corrected chi connectivity index (χ0v) is 10.1. The van der Waals surface area contributed by atoms with E-state index in [1.807, 2.05) is 6.07 Å². The molecule has 0 spiro atoms. The Labute approximate surface area is 92.3 Å². The minimum atomic E-state index is 0.555. The third kappa shape index (κ3) is 2.61. The lowest BCUT2D eigenvalue weighted by atomic mass is 10.1. The van der Waals surface area contributed by atoms with Gasteiger partial charge in [0.05, 0.1) is 11.9 Å². The third-order valence-corrected chi connectivity index (χ3v) is 2.90. The van der Waals surface area contributed by atoms with Crippen LogP contribution in [0, 0.1) is 6.92 Å². The second-order valence-corrected chi connectivity index (χ2v) is 3.99. The SMILES string of the molecule is CCC(CC)N(C)c1ncc(N)cc1C. The van der Waals surface area contributed by atoms with Gasteiger partial charge < -0.3 is 10.6 Å². The van der Waals surface area contributed by atoms with Crippen molar-refractivity contribution < 1.29 is 0 Å². The molecule has 1 aromatic heterocycles. The van der Waals surface area contributed by atoms with Crippen molar-refractivity contribution in [3.05, 3.63) is 17.8 Å². The van der Waals surface area contributed by atoms with E-state index in [0.29, 0.717) is 6.04 Å². The van der Waals surface area contributed by atoms with Gasteiger partial charge in [-0.25, -0.2) is 4.98 Å². The average Bonchev–Trinajstić information content (AvgIpc) is 2.19. The highest BCUT2D eigenvalue weighted by Gasteiger charge is 2.14. The topological polar surface area (TPSA) is 42.2 Å². The summed E-state index contributed by atoms with van der Waals surface area (Å²) in [5.74, 6) is 1.04. The third-order valence-electron chi connectivity index (χ3n) is 2.90. The monoisotopic (exact) mass is 207 g/mol. The van der Waals surface area contributed by atoms with E-state index in [2.05, 4.69) is 37.7 Å². The quantitative estimate of drug-likeness (QED) is 0.825. The Morgan fingerprint density at radius 1 is 1.40 bits per heavy atom. The van der Waals surface area contributed by atoms with Crippen molar-refractivity contribution >= 4 is 11.5 Å². The van der Waals surface area contributed by atoms with Gasteiger partial charge in [-0.2, -0.15) is 0 Å². The van der Waals surface area contributed by atoms with Crippen molar-refractivity contribution in [3.63, 3.8) is 0 Å². The molecule has 1 aromatic rings. The normalized spacial score (nSPS) is 10.7. The van der Waals surface area contributed by atoms with Crippen molar-refractivity contribution in [2.24, 2.45) is 0 Å². The number of nitrogens with zero attached hydrogens (tertiary/aromatic N) is 2. The van der Waals surface area contributed by atoms with Gasteiger partial charge in [0.25, 0.3) is 0 Å².